The van der Waals surface area contributed by atoms with Crippen molar-refractivity contribution in [2.75, 3.05) is 50.6 Å². The van der Waals surface area contributed by atoms with Crippen LogP contribution in [0.3, 0.4) is 0 Å². The van der Waals surface area contributed by atoms with Gasteiger partial charge in [-0.25, -0.2) is 4.39 Å². The zero-order chi connectivity index (χ0) is 28.4. The lowest BCUT2D eigenvalue weighted by Gasteiger charge is -2.33. The molecule has 5 nitrogen and oxygen atoms in total. The van der Waals surface area contributed by atoms with Crippen LogP contribution in [-0.2, 0) is 11.0 Å². The first kappa shape index (κ1) is 29.0. The molecule has 0 radical (unpaired) electrons. The minimum atomic E-state index is -4.43. The Morgan fingerprint density at radius 3 is 2.64 bits per heavy atom. The third-order valence-electron chi connectivity index (χ3n) is 6.60. The van der Waals surface area contributed by atoms with E-state index in [2.05, 4.69) is 28.5 Å². The first-order valence-corrected chi connectivity index (χ1v) is 15.8. The quantitative estimate of drug-likeness (QED) is 0.213. The first-order valence-electron chi connectivity index (χ1n) is 12.4. The smallest absolute Gasteiger partial charge is 0.378 e. The van der Waals surface area contributed by atoms with E-state index in [1.165, 1.54) is 0 Å². The van der Waals surface area contributed by atoms with E-state index in [1.54, 1.807) is 49.7 Å². The lowest BCUT2D eigenvalue weighted by molar-refractivity contribution is -0.126. The van der Waals surface area contributed by atoms with Crippen LogP contribution in [0, 0.1) is 23.2 Å². The minimum absolute atomic E-state index is 0.0911. The van der Waals surface area contributed by atoms with E-state index in [0.29, 0.717) is 50.2 Å². The molecule has 0 aliphatic carbocycles. The van der Waals surface area contributed by atoms with Gasteiger partial charge in [0, 0.05) is 18.4 Å². The van der Waals surface area contributed by atoms with E-state index in [0.717, 1.165) is 17.9 Å². The molecule has 39 heavy (non-hydrogen) atoms. The number of nitrogens with one attached hydrogen (secondary N) is 2. The molecule has 1 saturated heterocycles. The maximum absolute atomic E-state index is 14.7. The van der Waals surface area contributed by atoms with Gasteiger partial charge in [0.25, 0.3) is 0 Å². The average Bonchev–Trinajstić information content (AvgIpc) is 3.19. The molecule has 0 amide bonds. The fourth-order valence-corrected chi connectivity index (χ4v) is 6.60. The van der Waals surface area contributed by atoms with Crippen molar-refractivity contribution >= 4 is 45.2 Å². The van der Waals surface area contributed by atoms with Crippen LogP contribution >= 0.6 is 18.5 Å². The van der Waals surface area contributed by atoms with E-state index in [4.69, 9.17) is 0 Å². The monoisotopic (exact) mass is 576 g/mol. The number of rotatable bonds is 6. The number of fused-ring (bicyclic) bond motifs is 1. The number of benzene rings is 2. The van der Waals surface area contributed by atoms with E-state index < -0.39 is 32.0 Å². The topological polar surface area (TPSA) is 68.2 Å². The summed E-state index contributed by atoms with van der Waals surface area (Å²) in [5.41, 5.74) is 1.52. The molecule has 1 aromatic heterocycles. The highest BCUT2D eigenvalue weighted by atomic mass is 32.1. The van der Waals surface area contributed by atoms with Gasteiger partial charge in [0.05, 0.1) is 45.5 Å². The molecule has 2 atom stereocenters. The number of nitrogens with zero attached hydrogens (tertiary/aromatic N) is 2. The highest BCUT2D eigenvalue weighted by molar-refractivity contribution is 7.70. The van der Waals surface area contributed by atoms with Gasteiger partial charge in [0.2, 0.25) is 0 Å². The maximum Gasteiger partial charge on any atom is 0.393 e. The number of piperidine rings is 1. The van der Waals surface area contributed by atoms with Crippen molar-refractivity contribution in [2.24, 2.45) is 0 Å². The van der Waals surface area contributed by atoms with Gasteiger partial charge in [-0.2, -0.15) is 18.4 Å². The molecule has 1 fully saturated rings. The number of thiophene rings is 1. The summed E-state index contributed by atoms with van der Waals surface area (Å²) < 4.78 is 68.2. The van der Waals surface area contributed by atoms with Crippen LogP contribution in [0.15, 0.2) is 36.4 Å². The Kier molecular flexibility index (Phi) is 8.61. The van der Waals surface area contributed by atoms with Crippen LogP contribution in [-0.4, -0.2) is 63.3 Å². The SMILES string of the molecule is CN1CC[C@@H](Nc2cccc3c(CC(F)(F)F)c(C#CCNc4ccc(P(C)(C)=O)cc4C#N)sc23)[C@@H](F)C1. The van der Waals surface area contributed by atoms with Gasteiger partial charge in [0.1, 0.15) is 19.4 Å². The zero-order valence-corrected chi connectivity index (χ0v) is 23.5. The highest BCUT2D eigenvalue weighted by Gasteiger charge is 2.32. The second-order valence-corrected chi connectivity index (χ2v) is 14.3. The molecule has 2 heterocycles. The molecule has 0 bridgehead atoms. The molecular formula is C28H29F4N4OPS. The van der Waals surface area contributed by atoms with Gasteiger partial charge >= 0.3 is 6.18 Å². The Morgan fingerprint density at radius 1 is 1.21 bits per heavy atom. The van der Waals surface area contributed by atoms with E-state index in [-0.39, 0.29) is 12.1 Å². The molecular weight excluding hydrogens is 547 g/mol. The third kappa shape index (κ3) is 7.13. The van der Waals surface area contributed by atoms with E-state index in [1.807, 2.05) is 11.9 Å². The molecule has 4 rings (SSSR count). The summed E-state index contributed by atoms with van der Waals surface area (Å²) in [4.78, 5) is 2.21. The average molecular weight is 577 g/mol. The zero-order valence-electron chi connectivity index (χ0n) is 21.8. The Hall–Kier alpha value is -3.04. The summed E-state index contributed by atoms with van der Waals surface area (Å²) in [6.45, 7) is 4.36. The Bertz CT molecular complexity index is 1510. The van der Waals surface area contributed by atoms with Crippen LogP contribution in [0.2, 0.25) is 0 Å². The maximum atomic E-state index is 14.7. The van der Waals surface area contributed by atoms with Crippen molar-refractivity contribution in [3.8, 4) is 17.9 Å². The summed E-state index contributed by atoms with van der Waals surface area (Å²) in [6, 6.07) is 11.6. The molecule has 2 N–H and O–H groups in total. The lowest BCUT2D eigenvalue weighted by atomic mass is 10.0. The van der Waals surface area contributed by atoms with Gasteiger partial charge in [-0.15, -0.1) is 11.3 Å². The number of anilines is 2. The number of hydrogen-bond donors (Lipinski definition) is 2. The summed E-state index contributed by atoms with van der Waals surface area (Å²) in [7, 11) is -0.677. The second kappa shape index (κ2) is 11.6. The fraction of sp³-hybridized carbons (Fsp3) is 0.393. The van der Waals surface area contributed by atoms with Gasteiger partial charge < -0.3 is 20.1 Å². The van der Waals surface area contributed by atoms with Crippen LogP contribution in [0.25, 0.3) is 10.1 Å². The summed E-state index contributed by atoms with van der Waals surface area (Å²) in [5.74, 6) is 5.76. The van der Waals surface area contributed by atoms with Crippen LogP contribution < -0.4 is 15.9 Å². The normalized spacial score (nSPS) is 18.3. The van der Waals surface area contributed by atoms with Crippen molar-refractivity contribution < 1.29 is 22.1 Å². The second-order valence-electron chi connectivity index (χ2n) is 10.0. The molecule has 206 valence electrons. The molecule has 11 heteroatoms. The molecule has 2 aromatic carbocycles. The fourth-order valence-electron chi connectivity index (χ4n) is 4.56. The van der Waals surface area contributed by atoms with Crippen molar-refractivity contribution in [2.45, 2.75) is 31.2 Å². The molecule has 0 spiro atoms. The summed E-state index contributed by atoms with van der Waals surface area (Å²) in [6.07, 6.45) is -6.05. The number of likely N-dealkylation sites (tertiary alicyclic amines) is 1. The van der Waals surface area contributed by atoms with Crippen molar-refractivity contribution in [1.82, 2.24) is 4.90 Å². The third-order valence-corrected chi connectivity index (χ3v) is 9.31. The summed E-state index contributed by atoms with van der Waals surface area (Å²) in [5, 5.41) is 16.8. The van der Waals surface area contributed by atoms with Gasteiger partial charge in [-0.3, -0.25) is 0 Å². The largest absolute Gasteiger partial charge is 0.393 e. The number of halogens is 4. The van der Waals surface area contributed by atoms with Gasteiger partial charge in [-0.1, -0.05) is 24.0 Å². The first-order chi connectivity index (χ1) is 18.4. The number of alkyl halides is 4. The van der Waals surface area contributed by atoms with Crippen LogP contribution in [0.4, 0.5) is 28.9 Å². The van der Waals surface area contributed by atoms with Crippen LogP contribution in [0.1, 0.15) is 22.4 Å². The van der Waals surface area contributed by atoms with Crippen molar-refractivity contribution in [3.05, 3.63) is 52.4 Å². The lowest BCUT2D eigenvalue weighted by Crippen LogP contribution is -2.46. The van der Waals surface area contributed by atoms with E-state index in [9.17, 15) is 27.4 Å². The minimum Gasteiger partial charge on any atom is -0.378 e. The van der Waals surface area contributed by atoms with E-state index >= 15 is 0 Å². The van der Waals surface area contributed by atoms with Crippen molar-refractivity contribution in [1.29, 1.82) is 5.26 Å². The highest BCUT2D eigenvalue weighted by Crippen LogP contribution is 2.40. The predicted molar refractivity (Wildman–Crippen MR) is 152 cm³/mol. The molecule has 1 aliphatic heterocycles. The molecule has 3 aromatic rings. The Labute approximate surface area is 229 Å². The standard InChI is InChI=1S/C28H29F4N4OPS/c1-36-13-11-24(22(29)17-36)35-25-7-4-6-20-21(15-28(30,31)32)26(39-27(20)25)8-5-12-34-23-10-9-19(38(2,3)37)14-18(23)16-33/h4,6-7,9-10,14,22,24,34-35H,11-13,15,17H2,1-3H3/t22-,24+/m0/s1. The number of nitriles is 1. The summed E-state index contributed by atoms with van der Waals surface area (Å²) >= 11 is 1.16. The van der Waals surface area contributed by atoms with Crippen LogP contribution in [0.5, 0.6) is 0 Å². The Morgan fingerprint density at radius 2 is 1.97 bits per heavy atom. The van der Waals surface area contributed by atoms with Crippen molar-refractivity contribution in [3.63, 3.8) is 0 Å². The molecule has 1 aliphatic rings. The van der Waals surface area contributed by atoms with Gasteiger partial charge in [-0.05, 0) is 62.0 Å². The number of hydrogen-bond acceptors (Lipinski definition) is 6. The van der Waals surface area contributed by atoms with Gasteiger partial charge in [0.15, 0.2) is 0 Å². The molecule has 0 saturated carbocycles. The predicted octanol–water partition coefficient (Wildman–Crippen LogP) is 6.04. The Balaban J connectivity index is 1.61. The molecule has 0 unspecified atom stereocenters.